The van der Waals surface area contributed by atoms with E-state index < -0.39 is 4.92 Å². The standard InChI is InChI=1S/C8H8N2O3/c1-5(11)7-3-2-6(9)4-8(7)10(12)13/h2-4H,9H2,1H3. The van der Waals surface area contributed by atoms with E-state index in [9.17, 15) is 14.9 Å². The zero-order valence-corrected chi connectivity index (χ0v) is 6.98. The lowest BCUT2D eigenvalue weighted by molar-refractivity contribution is -0.385. The van der Waals surface area contributed by atoms with Crippen LogP contribution in [-0.4, -0.2) is 10.7 Å². The second kappa shape index (κ2) is 3.22. The third-order valence-corrected chi connectivity index (χ3v) is 1.60. The van der Waals surface area contributed by atoms with E-state index in [4.69, 9.17) is 5.73 Å². The van der Waals surface area contributed by atoms with Gasteiger partial charge in [-0.15, -0.1) is 0 Å². The number of carbonyl (C=O) groups excluding carboxylic acids is 1. The summed E-state index contributed by atoms with van der Waals surface area (Å²) in [5, 5.41) is 10.5. The third kappa shape index (κ3) is 1.81. The summed E-state index contributed by atoms with van der Waals surface area (Å²) in [6.45, 7) is 1.28. The lowest BCUT2D eigenvalue weighted by Crippen LogP contribution is -2.00. The summed E-state index contributed by atoms with van der Waals surface area (Å²) in [5.74, 6) is -0.341. The minimum Gasteiger partial charge on any atom is -0.399 e. The van der Waals surface area contributed by atoms with E-state index in [0.717, 1.165) is 0 Å². The van der Waals surface area contributed by atoms with Gasteiger partial charge >= 0.3 is 0 Å². The molecule has 13 heavy (non-hydrogen) atoms. The Hall–Kier alpha value is -1.91. The Balaban J connectivity index is 3.35. The van der Waals surface area contributed by atoms with Crippen LogP contribution in [0.1, 0.15) is 17.3 Å². The fraction of sp³-hybridized carbons (Fsp3) is 0.125. The monoisotopic (exact) mass is 180 g/mol. The van der Waals surface area contributed by atoms with Crippen LogP contribution >= 0.6 is 0 Å². The Labute approximate surface area is 74.3 Å². The molecule has 0 unspecified atom stereocenters. The molecule has 5 nitrogen and oxygen atoms in total. The third-order valence-electron chi connectivity index (χ3n) is 1.60. The molecule has 0 aromatic heterocycles. The van der Waals surface area contributed by atoms with Gasteiger partial charge in [-0.25, -0.2) is 0 Å². The predicted molar refractivity (Wildman–Crippen MR) is 47.5 cm³/mol. The molecule has 0 heterocycles. The molecule has 0 atom stereocenters. The fourth-order valence-electron chi connectivity index (χ4n) is 0.997. The number of nitro benzene ring substituents is 1. The summed E-state index contributed by atoms with van der Waals surface area (Å²) in [4.78, 5) is 20.8. The number of ketones is 1. The molecule has 1 aromatic rings. The summed E-state index contributed by atoms with van der Waals surface area (Å²) in [5.41, 5.74) is 5.46. The largest absolute Gasteiger partial charge is 0.399 e. The quantitative estimate of drug-likeness (QED) is 0.322. The summed E-state index contributed by atoms with van der Waals surface area (Å²) in [6, 6.07) is 4.00. The summed E-state index contributed by atoms with van der Waals surface area (Å²) in [7, 11) is 0. The highest BCUT2D eigenvalue weighted by Gasteiger charge is 2.16. The molecule has 68 valence electrons. The van der Waals surface area contributed by atoms with E-state index >= 15 is 0 Å². The molecule has 0 aliphatic heterocycles. The Morgan fingerprint density at radius 1 is 1.54 bits per heavy atom. The number of anilines is 1. The maximum atomic E-state index is 10.9. The van der Waals surface area contributed by atoms with Gasteiger partial charge in [-0.05, 0) is 19.1 Å². The van der Waals surface area contributed by atoms with E-state index in [1.807, 2.05) is 0 Å². The van der Waals surface area contributed by atoms with Crippen molar-refractivity contribution in [2.45, 2.75) is 6.92 Å². The van der Waals surface area contributed by atoms with Crippen LogP contribution in [0.2, 0.25) is 0 Å². The van der Waals surface area contributed by atoms with Crippen LogP contribution < -0.4 is 5.73 Å². The zero-order chi connectivity index (χ0) is 10.0. The molecule has 0 fully saturated rings. The molecule has 0 saturated carbocycles. The van der Waals surface area contributed by atoms with Gasteiger partial charge in [0.15, 0.2) is 5.78 Å². The van der Waals surface area contributed by atoms with Gasteiger partial charge in [-0.1, -0.05) is 0 Å². The van der Waals surface area contributed by atoms with Crippen LogP contribution in [0.15, 0.2) is 18.2 Å². The van der Waals surface area contributed by atoms with Crippen molar-refractivity contribution in [1.29, 1.82) is 0 Å². The van der Waals surface area contributed by atoms with Crippen LogP contribution in [0.25, 0.3) is 0 Å². The zero-order valence-electron chi connectivity index (χ0n) is 6.98. The topological polar surface area (TPSA) is 86.2 Å². The Morgan fingerprint density at radius 2 is 2.15 bits per heavy atom. The average molecular weight is 180 g/mol. The maximum absolute atomic E-state index is 10.9. The van der Waals surface area contributed by atoms with Crippen LogP contribution in [0, 0.1) is 10.1 Å². The van der Waals surface area contributed by atoms with E-state index in [1.165, 1.54) is 25.1 Å². The molecule has 1 aromatic carbocycles. The van der Waals surface area contributed by atoms with Crippen molar-refractivity contribution >= 4 is 17.2 Å². The van der Waals surface area contributed by atoms with Crippen molar-refractivity contribution < 1.29 is 9.72 Å². The average Bonchev–Trinajstić information content (AvgIpc) is 2.03. The molecule has 0 saturated heterocycles. The van der Waals surface area contributed by atoms with Gasteiger partial charge in [0.05, 0.1) is 10.5 Å². The summed E-state index contributed by atoms with van der Waals surface area (Å²) in [6.07, 6.45) is 0. The molecule has 5 heteroatoms. The summed E-state index contributed by atoms with van der Waals surface area (Å²) < 4.78 is 0. The van der Waals surface area contributed by atoms with Crippen LogP contribution in [0.5, 0.6) is 0 Å². The van der Waals surface area contributed by atoms with Gasteiger partial charge < -0.3 is 5.73 Å². The second-order valence-electron chi connectivity index (χ2n) is 2.59. The molecule has 2 N–H and O–H groups in total. The molecular weight excluding hydrogens is 172 g/mol. The van der Waals surface area contributed by atoms with E-state index in [2.05, 4.69) is 0 Å². The van der Waals surface area contributed by atoms with Crippen LogP contribution in [-0.2, 0) is 0 Å². The normalized spacial score (nSPS) is 9.62. The number of carbonyl (C=O) groups is 1. The fourth-order valence-corrected chi connectivity index (χ4v) is 0.997. The molecule has 0 bridgehead atoms. The number of hydrogen-bond donors (Lipinski definition) is 1. The Morgan fingerprint density at radius 3 is 2.62 bits per heavy atom. The molecule has 0 aliphatic rings. The maximum Gasteiger partial charge on any atom is 0.282 e. The SMILES string of the molecule is CC(=O)c1ccc(N)cc1[N+](=O)[O-]. The van der Waals surface area contributed by atoms with Gasteiger partial charge in [0, 0.05) is 11.8 Å². The lowest BCUT2D eigenvalue weighted by Gasteiger charge is -1.99. The number of nitro groups is 1. The van der Waals surface area contributed by atoms with Crippen molar-refractivity contribution in [1.82, 2.24) is 0 Å². The Bertz CT molecular complexity index is 374. The first kappa shape index (κ1) is 9.18. The van der Waals surface area contributed by atoms with E-state index in [-0.39, 0.29) is 22.7 Å². The number of nitrogens with two attached hydrogens (primary N) is 1. The van der Waals surface area contributed by atoms with Crippen molar-refractivity contribution in [3.63, 3.8) is 0 Å². The first-order valence-electron chi connectivity index (χ1n) is 3.57. The minimum atomic E-state index is -0.618. The second-order valence-corrected chi connectivity index (χ2v) is 2.59. The lowest BCUT2D eigenvalue weighted by atomic mass is 10.1. The predicted octanol–water partition coefficient (Wildman–Crippen LogP) is 1.38. The minimum absolute atomic E-state index is 0.0826. The van der Waals surface area contributed by atoms with Crippen molar-refractivity contribution in [3.05, 3.63) is 33.9 Å². The number of Topliss-reactive ketones (excluding diaryl/α,β-unsaturated/α-hetero) is 1. The molecule has 0 aliphatic carbocycles. The van der Waals surface area contributed by atoms with Crippen molar-refractivity contribution in [2.75, 3.05) is 5.73 Å². The van der Waals surface area contributed by atoms with Crippen molar-refractivity contribution in [2.24, 2.45) is 0 Å². The first-order chi connectivity index (χ1) is 6.02. The number of nitrogen functional groups attached to an aromatic ring is 1. The number of rotatable bonds is 2. The molecule has 0 amide bonds. The molecule has 0 spiro atoms. The molecule has 1 rings (SSSR count). The van der Waals surface area contributed by atoms with Gasteiger partial charge in [-0.2, -0.15) is 0 Å². The summed E-state index contributed by atoms with van der Waals surface area (Å²) >= 11 is 0. The smallest absolute Gasteiger partial charge is 0.282 e. The van der Waals surface area contributed by atoms with E-state index in [0.29, 0.717) is 0 Å². The van der Waals surface area contributed by atoms with Gasteiger partial charge in [0.1, 0.15) is 0 Å². The Kier molecular flexibility index (Phi) is 2.27. The molecular formula is C8H8N2O3. The highest BCUT2D eigenvalue weighted by Crippen LogP contribution is 2.21. The van der Waals surface area contributed by atoms with Gasteiger partial charge in [-0.3, -0.25) is 14.9 Å². The first-order valence-corrected chi connectivity index (χ1v) is 3.57. The van der Waals surface area contributed by atoms with Crippen LogP contribution in [0.3, 0.4) is 0 Å². The molecule has 0 radical (unpaired) electrons. The van der Waals surface area contributed by atoms with Crippen molar-refractivity contribution in [3.8, 4) is 0 Å². The highest BCUT2D eigenvalue weighted by atomic mass is 16.6. The number of benzene rings is 1. The number of hydrogen-bond acceptors (Lipinski definition) is 4. The van der Waals surface area contributed by atoms with Crippen LogP contribution in [0.4, 0.5) is 11.4 Å². The van der Waals surface area contributed by atoms with Gasteiger partial charge in [0.2, 0.25) is 0 Å². The van der Waals surface area contributed by atoms with E-state index in [1.54, 1.807) is 0 Å². The van der Waals surface area contributed by atoms with Gasteiger partial charge in [0.25, 0.3) is 5.69 Å². The highest BCUT2D eigenvalue weighted by molar-refractivity contribution is 5.98. The number of nitrogens with zero attached hydrogens (tertiary/aromatic N) is 1.